The molecule has 0 aliphatic carbocycles. The fourth-order valence-corrected chi connectivity index (χ4v) is 4.11. The van der Waals surface area contributed by atoms with Crippen LogP contribution < -0.4 is 15.0 Å². The monoisotopic (exact) mass is 365 g/mol. The normalized spacial score (nSPS) is 13.2. The first-order chi connectivity index (χ1) is 12.8. The zero-order valence-electron chi connectivity index (χ0n) is 14.4. The summed E-state index contributed by atoms with van der Waals surface area (Å²) in [6.45, 7) is 1.80. The minimum Gasteiger partial charge on any atom is -0.480 e. The van der Waals surface area contributed by atoms with Crippen LogP contribution in [-0.4, -0.2) is 24.5 Å². The van der Waals surface area contributed by atoms with Gasteiger partial charge in [0.05, 0.1) is 18.5 Å². The second-order valence-corrected chi connectivity index (χ2v) is 7.07. The summed E-state index contributed by atoms with van der Waals surface area (Å²) in [5.74, 6) is 0.0963. The molecule has 5 nitrogen and oxygen atoms in total. The van der Waals surface area contributed by atoms with Crippen LogP contribution in [0.15, 0.2) is 54.0 Å². The van der Waals surface area contributed by atoms with Crippen molar-refractivity contribution in [2.24, 2.45) is 0 Å². The van der Waals surface area contributed by atoms with Gasteiger partial charge in [0.2, 0.25) is 5.88 Å². The quantitative estimate of drug-likeness (QED) is 0.760. The number of carbonyl (C=O) groups is 1. The van der Waals surface area contributed by atoms with Crippen LogP contribution in [-0.2, 0) is 13.0 Å². The average molecular weight is 365 g/mol. The van der Waals surface area contributed by atoms with Crippen molar-refractivity contribution in [1.82, 2.24) is 4.98 Å². The Morgan fingerprint density at radius 2 is 2.12 bits per heavy atom. The number of methoxy groups -OCH3 is 1. The summed E-state index contributed by atoms with van der Waals surface area (Å²) < 4.78 is 5.20. The van der Waals surface area contributed by atoms with Gasteiger partial charge in [-0.15, -0.1) is 11.3 Å². The Morgan fingerprint density at radius 1 is 1.23 bits per heavy atom. The second-order valence-electron chi connectivity index (χ2n) is 6.07. The molecule has 6 heteroatoms. The summed E-state index contributed by atoms with van der Waals surface area (Å²) in [6, 6.07) is 13.5. The van der Waals surface area contributed by atoms with Crippen LogP contribution >= 0.6 is 11.3 Å². The maximum Gasteiger partial charge on any atom is 0.261 e. The Morgan fingerprint density at radius 3 is 3.00 bits per heavy atom. The van der Waals surface area contributed by atoms with E-state index in [-0.39, 0.29) is 5.91 Å². The molecular formula is C20H19N3O2S. The zero-order valence-corrected chi connectivity index (χ0v) is 15.3. The molecule has 4 rings (SSSR count). The van der Waals surface area contributed by atoms with Crippen molar-refractivity contribution < 1.29 is 9.53 Å². The van der Waals surface area contributed by atoms with Gasteiger partial charge in [0.25, 0.3) is 5.91 Å². The molecule has 0 saturated carbocycles. The minimum absolute atomic E-state index is 0.226. The van der Waals surface area contributed by atoms with Gasteiger partial charge in [-0.3, -0.25) is 4.79 Å². The SMILES string of the molecule is COc1ncccc1C(=O)Nc1ccccc1N1CCc2sccc2C1. The molecule has 1 amide bonds. The highest BCUT2D eigenvalue weighted by molar-refractivity contribution is 7.10. The van der Waals surface area contributed by atoms with E-state index in [0.717, 1.165) is 30.9 Å². The number of aromatic nitrogens is 1. The van der Waals surface area contributed by atoms with Gasteiger partial charge in [0.1, 0.15) is 5.56 Å². The maximum absolute atomic E-state index is 12.7. The van der Waals surface area contributed by atoms with Gasteiger partial charge in [-0.05, 0) is 47.7 Å². The molecule has 3 heterocycles. The van der Waals surface area contributed by atoms with Crippen molar-refractivity contribution in [3.05, 3.63) is 70.0 Å². The molecule has 0 spiro atoms. The summed E-state index contributed by atoms with van der Waals surface area (Å²) in [7, 11) is 1.51. The van der Waals surface area contributed by atoms with E-state index in [1.165, 1.54) is 17.6 Å². The van der Waals surface area contributed by atoms with Crippen LogP contribution in [0.5, 0.6) is 5.88 Å². The minimum atomic E-state index is -0.226. The van der Waals surface area contributed by atoms with Crippen molar-refractivity contribution in [2.75, 3.05) is 23.9 Å². The summed E-state index contributed by atoms with van der Waals surface area (Å²) in [4.78, 5) is 20.6. The van der Waals surface area contributed by atoms with Crippen LogP contribution in [0.1, 0.15) is 20.8 Å². The molecule has 1 aromatic carbocycles. The number of para-hydroxylation sites is 2. The van der Waals surface area contributed by atoms with Crippen LogP contribution in [0.3, 0.4) is 0 Å². The standard InChI is InChI=1S/C20H19N3O2S/c1-25-20-15(5-4-10-21-20)19(24)22-16-6-2-3-7-17(16)23-11-8-18-14(13-23)9-12-26-18/h2-7,9-10,12H,8,11,13H2,1H3,(H,22,24). The van der Waals surface area contributed by atoms with Crippen LogP contribution in [0.4, 0.5) is 11.4 Å². The first-order valence-electron chi connectivity index (χ1n) is 8.46. The van der Waals surface area contributed by atoms with Gasteiger partial charge in [-0.2, -0.15) is 0 Å². The van der Waals surface area contributed by atoms with Crippen molar-refractivity contribution in [1.29, 1.82) is 0 Å². The molecule has 1 aliphatic heterocycles. The van der Waals surface area contributed by atoms with Crippen LogP contribution in [0.25, 0.3) is 0 Å². The van der Waals surface area contributed by atoms with E-state index in [9.17, 15) is 4.79 Å². The summed E-state index contributed by atoms with van der Waals surface area (Å²) in [6.07, 6.45) is 2.64. The molecule has 0 saturated heterocycles. The third-order valence-electron chi connectivity index (χ3n) is 4.51. The average Bonchev–Trinajstić information content (AvgIpc) is 3.16. The number of anilines is 2. The van der Waals surface area contributed by atoms with Gasteiger partial charge in [0, 0.05) is 24.2 Å². The number of carbonyl (C=O) groups excluding carboxylic acids is 1. The number of pyridine rings is 1. The number of hydrogen-bond acceptors (Lipinski definition) is 5. The number of rotatable bonds is 4. The Balaban J connectivity index is 1.60. The number of ether oxygens (including phenoxy) is 1. The fraction of sp³-hybridized carbons (Fsp3) is 0.200. The topological polar surface area (TPSA) is 54.5 Å². The highest BCUT2D eigenvalue weighted by Gasteiger charge is 2.21. The smallest absolute Gasteiger partial charge is 0.261 e. The Kier molecular flexibility index (Phi) is 4.58. The lowest BCUT2D eigenvalue weighted by molar-refractivity contribution is 0.102. The number of amides is 1. The van der Waals surface area contributed by atoms with Crippen molar-refractivity contribution in [2.45, 2.75) is 13.0 Å². The first kappa shape index (κ1) is 16.6. The van der Waals surface area contributed by atoms with E-state index in [1.807, 2.05) is 35.6 Å². The highest BCUT2D eigenvalue weighted by atomic mass is 32.1. The number of thiophene rings is 1. The van der Waals surface area contributed by atoms with Gasteiger partial charge < -0.3 is 15.0 Å². The molecule has 0 bridgehead atoms. The fourth-order valence-electron chi connectivity index (χ4n) is 3.23. The molecule has 26 heavy (non-hydrogen) atoms. The number of nitrogens with one attached hydrogen (secondary N) is 1. The van der Waals surface area contributed by atoms with E-state index in [4.69, 9.17) is 4.74 Å². The molecular weight excluding hydrogens is 346 g/mol. The lowest BCUT2D eigenvalue weighted by atomic mass is 10.1. The number of benzene rings is 1. The third kappa shape index (κ3) is 3.15. The number of hydrogen-bond donors (Lipinski definition) is 1. The summed E-state index contributed by atoms with van der Waals surface area (Å²) in [5, 5.41) is 5.17. The van der Waals surface area contributed by atoms with Gasteiger partial charge >= 0.3 is 0 Å². The lowest BCUT2D eigenvalue weighted by Gasteiger charge is -2.30. The third-order valence-corrected chi connectivity index (χ3v) is 5.53. The molecule has 0 radical (unpaired) electrons. The molecule has 1 N–H and O–H groups in total. The highest BCUT2D eigenvalue weighted by Crippen LogP contribution is 2.32. The molecule has 2 aromatic heterocycles. The summed E-state index contributed by atoms with van der Waals surface area (Å²) in [5.41, 5.74) is 3.61. The molecule has 1 aliphatic rings. The van der Waals surface area contributed by atoms with Gasteiger partial charge in [-0.1, -0.05) is 12.1 Å². The van der Waals surface area contributed by atoms with E-state index in [1.54, 1.807) is 18.3 Å². The molecule has 0 unspecified atom stereocenters. The number of fused-ring (bicyclic) bond motifs is 1. The van der Waals surface area contributed by atoms with Gasteiger partial charge in [-0.25, -0.2) is 4.98 Å². The molecule has 0 atom stereocenters. The Bertz CT molecular complexity index is 938. The Labute approximate surface area is 156 Å². The maximum atomic E-state index is 12.7. The van der Waals surface area contributed by atoms with E-state index in [0.29, 0.717) is 11.4 Å². The zero-order chi connectivity index (χ0) is 17.9. The molecule has 0 fully saturated rings. The van der Waals surface area contributed by atoms with Crippen molar-refractivity contribution in [3.63, 3.8) is 0 Å². The molecule has 132 valence electrons. The Hall–Kier alpha value is -2.86. The molecule has 3 aromatic rings. The van der Waals surface area contributed by atoms with Crippen LogP contribution in [0.2, 0.25) is 0 Å². The number of nitrogens with zero attached hydrogens (tertiary/aromatic N) is 2. The largest absolute Gasteiger partial charge is 0.480 e. The van der Waals surface area contributed by atoms with Crippen LogP contribution in [0, 0.1) is 0 Å². The summed E-state index contributed by atoms with van der Waals surface area (Å²) >= 11 is 1.82. The van der Waals surface area contributed by atoms with E-state index in [2.05, 4.69) is 26.6 Å². The predicted molar refractivity (Wildman–Crippen MR) is 104 cm³/mol. The van der Waals surface area contributed by atoms with E-state index >= 15 is 0 Å². The van der Waals surface area contributed by atoms with E-state index < -0.39 is 0 Å². The predicted octanol–water partition coefficient (Wildman–Crippen LogP) is 3.97. The second kappa shape index (κ2) is 7.17. The first-order valence-corrected chi connectivity index (χ1v) is 9.34. The van der Waals surface area contributed by atoms with Gasteiger partial charge in [0.15, 0.2) is 0 Å². The van der Waals surface area contributed by atoms with Crippen molar-refractivity contribution in [3.8, 4) is 5.88 Å². The lowest BCUT2D eigenvalue weighted by Crippen LogP contribution is -2.30. The van der Waals surface area contributed by atoms with Crippen molar-refractivity contribution >= 4 is 28.6 Å².